The molecule has 0 aliphatic rings. The summed E-state index contributed by atoms with van der Waals surface area (Å²) in [6.07, 6.45) is -2.89. The molecule has 0 saturated carbocycles. The number of nitrogens with zero attached hydrogens (tertiary/aromatic N) is 1. The molecule has 1 aromatic rings. The monoisotopic (exact) mass is 237 g/mol. The van der Waals surface area contributed by atoms with Crippen LogP contribution in [0.4, 0.5) is 14.6 Å². The lowest BCUT2D eigenvalue weighted by Crippen LogP contribution is -2.16. The van der Waals surface area contributed by atoms with Crippen molar-refractivity contribution in [3.05, 3.63) is 17.3 Å². The van der Waals surface area contributed by atoms with Crippen LogP contribution in [0.1, 0.15) is 17.7 Å². The van der Waals surface area contributed by atoms with Gasteiger partial charge in [-0.1, -0.05) is 0 Å². The third kappa shape index (κ3) is 2.39. The van der Waals surface area contributed by atoms with Gasteiger partial charge in [0.15, 0.2) is 0 Å². The summed E-state index contributed by atoms with van der Waals surface area (Å²) in [6, 6.07) is 0.955. The number of anilines is 1. The Kier molecular flexibility index (Phi) is 2.91. The Hall–Kier alpha value is -1.28. The fourth-order valence-electron chi connectivity index (χ4n) is 1.13. The van der Waals surface area contributed by atoms with Gasteiger partial charge in [-0.15, -0.1) is 0 Å². The lowest BCUT2D eigenvalue weighted by Gasteiger charge is -2.09. The number of pyridine rings is 1. The molecule has 0 bridgehead atoms. The first kappa shape index (κ1) is 11.8. The first-order valence-electron chi connectivity index (χ1n) is 3.81. The van der Waals surface area contributed by atoms with E-state index < -0.39 is 27.0 Å². The largest absolute Gasteiger partial charge is 0.384 e. The van der Waals surface area contributed by atoms with E-state index >= 15 is 0 Å². The molecule has 0 spiro atoms. The van der Waals surface area contributed by atoms with E-state index in [1.54, 1.807) is 0 Å². The Balaban J connectivity index is 3.56. The van der Waals surface area contributed by atoms with Crippen LogP contribution in [0.3, 0.4) is 0 Å². The van der Waals surface area contributed by atoms with E-state index in [0.717, 1.165) is 6.07 Å². The number of hydrogen-bond acceptors (Lipinski definition) is 4. The summed E-state index contributed by atoms with van der Waals surface area (Å²) < 4.78 is 46.9. The molecular weight excluding hydrogens is 228 g/mol. The van der Waals surface area contributed by atoms with Crippen LogP contribution < -0.4 is 10.9 Å². The van der Waals surface area contributed by atoms with Crippen LogP contribution in [0, 0.1) is 6.92 Å². The fourth-order valence-corrected chi connectivity index (χ4v) is 1.95. The van der Waals surface area contributed by atoms with Gasteiger partial charge in [0.2, 0.25) is 10.0 Å². The second-order valence-corrected chi connectivity index (χ2v) is 4.43. The van der Waals surface area contributed by atoms with Crippen LogP contribution in [0.2, 0.25) is 0 Å². The Morgan fingerprint density at radius 1 is 1.47 bits per heavy atom. The minimum absolute atomic E-state index is 0.179. The second kappa shape index (κ2) is 3.70. The van der Waals surface area contributed by atoms with E-state index in [2.05, 4.69) is 4.98 Å². The van der Waals surface area contributed by atoms with Crippen molar-refractivity contribution in [2.75, 3.05) is 5.73 Å². The number of sulfonamides is 1. The van der Waals surface area contributed by atoms with Crippen molar-refractivity contribution in [1.29, 1.82) is 0 Å². The first-order valence-corrected chi connectivity index (χ1v) is 5.36. The number of primary sulfonamides is 1. The lowest BCUT2D eigenvalue weighted by atomic mass is 10.2. The molecule has 0 aromatic carbocycles. The number of aromatic nitrogens is 1. The lowest BCUT2D eigenvalue weighted by molar-refractivity contribution is 0.145. The molecule has 1 rings (SSSR count). The van der Waals surface area contributed by atoms with Crippen molar-refractivity contribution >= 4 is 15.8 Å². The number of halogens is 2. The third-order valence-corrected chi connectivity index (χ3v) is 2.83. The van der Waals surface area contributed by atoms with Crippen molar-refractivity contribution in [2.24, 2.45) is 5.14 Å². The van der Waals surface area contributed by atoms with Crippen LogP contribution in [0.5, 0.6) is 0 Å². The van der Waals surface area contributed by atoms with Crippen LogP contribution in [0.15, 0.2) is 11.0 Å². The molecule has 0 amide bonds. The molecule has 0 aliphatic heterocycles. The van der Waals surface area contributed by atoms with Crippen molar-refractivity contribution in [3.63, 3.8) is 0 Å². The van der Waals surface area contributed by atoms with Gasteiger partial charge in [-0.2, -0.15) is 0 Å². The maximum atomic E-state index is 12.4. The van der Waals surface area contributed by atoms with Crippen LogP contribution >= 0.6 is 0 Å². The van der Waals surface area contributed by atoms with Gasteiger partial charge in [-0.25, -0.2) is 27.3 Å². The zero-order chi connectivity index (χ0) is 11.8. The van der Waals surface area contributed by atoms with Crippen molar-refractivity contribution in [1.82, 2.24) is 4.98 Å². The minimum atomic E-state index is -4.07. The molecule has 15 heavy (non-hydrogen) atoms. The molecule has 1 heterocycles. The Labute approximate surface area is 85.2 Å². The molecular formula is C7H9F2N3O2S. The maximum Gasteiger partial charge on any atom is 0.280 e. The Morgan fingerprint density at radius 2 is 2.00 bits per heavy atom. The van der Waals surface area contributed by atoms with Crippen molar-refractivity contribution in [3.8, 4) is 0 Å². The molecule has 0 radical (unpaired) electrons. The first-order chi connectivity index (χ1) is 6.73. The molecule has 8 heteroatoms. The van der Waals surface area contributed by atoms with E-state index in [0.29, 0.717) is 0 Å². The third-order valence-electron chi connectivity index (χ3n) is 1.80. The van der Waals surface area contributed by atoms with Gasteiger partial charge in [0.1, 0.15) is 11.5 Å². The summed E-state index contributed by atoms with van der Waals surface area (Å²) in [5, 5.41) is 4.84. The number of hydrogen-bond donors (Lipinski definition) is 2. The van der Waals surface area contributed by atoms with Crippen molar-refractivity contribution < 1.29 is 17.2 Å². The van der Waals surface area contributed by atoms with E-state index in [9.17, 15) is 17.2 Å². The molecule has 0 unspecified atom stereocenters. The molecule has 0 fully saturated rings. The highest BCUT2D eigenvalue weighted by molar-refractivity contribution is 7.89. The average molecular weight is 237 g/mol. The standard InChI is InChI=1S/C7H9F2N3O2S/c1-3-4(15(11,13)14)2-5(10)12-6(3)7(8)9/h2,7H,1H3,(H2,10,12)(H2,11,13,14). The highest BCUT2D eigenvalue weighted by atomic mass is 32.2. The summed E-state index contributed by atoms with van der Waals surface area (Å²) in [5.41, 5.74) is 4.35. The highest BCUT2D eigenvalue weighted by Gasteiger charge is 2.21. The molecule has 0 aliphatic carbocycles. The maximum absolute atomic E-state index is 12.4. The average Bonchev–Trinajstić information content (AvgIpc) is 2.06. The molecule has 84 valence electrons. The minimum Gasteiger partial charge on any atom is -0.384 e. The summed E-state index contributed by atoms with van der Waals surface area (Å²) in [7, 11) is -4.07. The van der Waals surface area contributed by atoms with E-state index in [1.165, 1.54) is 6.92 Å². The summed E-state index contributed by atoms with van der Waals surface area (Å²) in [4.78, 5) is 2.93. The summed E-state index contributed by atoms with van der Waals surface area (Å²) >= 11 is 0. The normalized spacial score (nSPS) is 12.1. The van der Waals surface area contributed by atoms with E-state index in [-0.39, 0.29) is 11.4 Å². The van der Waals surface area contributed by atoms with Gasteiger partial charge in [0.25, 0.3) is 6.43 Å². The van der Waals surface area contributed by atoms with Gasteiger partial charge in [-0.3, -0.25) is 0 Å². The van der Waals surface area contributed by atoms with Crippen LogP contribution in [-0.4, -0.2) is 13.4 Å². The quantitative estimate of drug-likeness (QED) is 0.784. The molecule has 0 atom stereocenters. The van der Waals surface area contributed by atoms with Gasteiger partial charge >= 0.3 is 0 Å². The summed E-state index contributed by atoms with van der Waals surface area (Å²) in [6.45, 7) is 1.20. The Morgan fingerprint density at radius 3 is 2.40 bits per heavy atom. The molecule has 5 nitrogen and oxygen atoms in total. The number of nitrogen functional groups attached to an aromatic ring is 1. The zero-order valence-corrected chi connectivity index (χ0v) is 8.55. The fraction of sp³-hybridized carbons (Fsp3) is 0.286. The number of alkyl halides is 2. The SMILES string of the molecule is Cc1c(S(N)(=O)=O)cc(N)nc1C(F)F. The molecule has 0 saturated heterocycles. The van der Waals surface area contributed by atoms with Crippen LogP contribution in [-0.2, 0) is 10.0 Å². The highest BCUT2D eigenvalue weighted by Crippen LogP contribution is 2.26. The zero-order valence-electron chi connectivity index (χ0n) is 7.74. The molecule has 4 N–H and O–H groups in total. The summed E-state index contributed by atoms with van der Waals surface area (Å²) in [5.74, 6) is -0.306. The van der Waals surface area contributed by atoms with Gasteiger partial charge in [-0.05, 0) is 12.5 Å². The van der Waals surface area contributed by atoms with E-state index in [4.69, 9.17) is 10.9 Å². The number of rotatable bonds is 2. The Bertz CT molecular complexity index is 487. The number of nitrogens with two attached hydrogens (primary N) is 2. The van der Waals surface area contributed by atoms with Gasteiger partial charge in [0, 0.05) is 6.07 Å². The topological polar surface area (TPSA) is 99.1 Å². The predicted octanol–water partition coefficient (Wildman–Crippen LogP) is 0.557. The van der Waals surface area contributed by atoms with Crippen molar-refractivity contribution in [2.45, 2.75) is 18.2 Å². The van der Waals surface area contributed by atoms with Crippen LogP contribution in [0.25, 0.3) is 0 Å². The van der Waals surface area contributed by atoms with E-state index in [1.807, 2.05) is 0 Å². The molecule has 1 aromatic heterocycles. The van der Waals surface area contributed by atoms with Gasteiger partial charge < -0.3 is 5.73 Å². The van der Waals surface area contributed by atoms with Gasteiger partial charge in [0.05, 0.1) is 4.90 Å². The second-order valence-electron chi connectivity index (χ2n) is 2.90. The smallest absolute Gasteiger partial charge is 0.280 e. The predicted molar refractivity (Wildman–Crippen MR) is 49.7 cm³/mol.